The molecule has 0 spiro atoms. The first-order valence-electron chi connectivity index (χ1n) is 5.17. The highest BCUT2D eigenvalue weighted by molar-refractivity contribution is 5.83. The Balaban J connectivity index is 2.62. The molecule has 0 radical (unpaired) electrons. The average molecular weight is 224 g/mol. The number of rotatable bonds is 3. The van der Waals surface area contributed by atoms with Crippen molar-refractivity contribution < 1.29 is 8.78 Å². The molecule has 2 rings (SSSR count). The molecule has 0 fully saturated rings. The van der Waals surface area contributed by atoms with E-state index in [1.54, 1.807) is 12.1 Å². The lowest BCUT2D eigenvalue weighted by atomic mass is 9.97. The standard InChI is InChI=1S/C12H14F2N2/c1-16-6-5-8-3-2-4-9(11(8)16)10(7-15)12(13)14/h2-6,10,12H,7,15H2,1H3. The molecule has 1 unspecified atom stereocenters. The van der Waals surface area contributed by atoms with Gasteiger partial charge in [0.05, 0.1) is 11.4 Å². The first-order chi connectivity index (χ1) is 7.65. The van der Waals surface area contributed by atoms with E-state index in [1.807, 2.05) is 29.9 Å². The van der Waals surface area contributed by atoms with Crippen molar-refractivity contribution in [2.75, 3.05) is 6.54 Å². The maximum Gasteiger partial charge on any atom is 0.246 e. The molecule has 0 amide bonds. The summed E-state index contributed by atoms with van der Waals surface area (Å²) in [6.45, 7) is -0.0397. The van der Waals surface area contributed by atoms with E-state index in [0.29, 0.717) is 5.56 Å². The minimum atomic E-state index is -2.43. The number of aromatic nitrogens is 1. The van der Waals surface area contributed by atoms with E-state index in [2.05, 4.69) is 0 Å². The molecule has 0 bridgehead atoms. The molecular formula is C12H14F2N2. The molecule has 1 aromatic heterocycles. The van der Waals surface area contributed by atoms with Gasteiger partial charge in [0, 0.05) is 19.8 Å². The number of para-hydroxylation sites is 1. The smallest absolute Gasteiger partial charge is 0.246 e. The van der Waals surface area contributed by atoms with Gasteiger partial charge in [0.2, 0.25) is 6.43 Å². The molecule has 1 atom stereocenters. The van der Waals surface area contributed by atoms with Gasteiger partial charge in [0.25, 0.3) is 0 Å². The van der Waals surface area contributed by atoms with E-state index in [4.69, 9.17) is 5.73 Å². The highest BCUT2D eigenvalue weighted by Gasteiger charge is 2.23. The van der Waals surface area contributed by atoms with Gasteiger partial charge in [-0.15, -0.1) is 0 Å². The van der Waals surface area contributed by atoms with E-state index in [0.717, 1.165) is 10.9 Å². The van der Waals surface area contributed by atoms with Crippen molar-refractivity contribution >= 4 is 10.9 Å². The third-order valence-corrected chi connectivity index (χ3v) is 2.89. The van der Waals surface area contributed by atoms with Crippen LogP contribution in [0.15, 0.2) is 30.5 Å². The zero-order valence-electron chi connectivity index (χ0n) is 9.03. The quantitative estimate of drug-likeness (QED) is 0.853. The average Bonchev–Trinajstić information content (AvgIpc) is 2.62. The molecular weight excluding hydrogens is 210 g/mol. The number of aryl methyl sites for hydroxylation is 1. The third kappa shape index (κ3) is 1.69. The van der Waals surface area contributed by atoms with Gasteiger partial charge in [-0.25, -0.2) is 8.78 Å². The van der Waals surface area contributed by atoms with Gasteiger partial charge in [0.1, 0.15) is 0 Å². The SMILES string of the molecule is Cn1ccc2cccc(C(CN)C(F)F)c21. The minimum absolute atomic E-state index is 0.0397. The van der Waals surface area contributed by atoms with Crippen molar-refractivity contribution in [1.82, 2.24) is 4.57 Å². The molecule has 1 aromatic carbocycles. The lowest BCUT2D eigenvalue weighted by Crippen LogP contribution is -2.20. The minimum Gasteiger partial charge on any atom is -0.350 e. The first kappa shape index (κ1) is 11.1. The maximum absolute atomic E-state index is 12.9. The van der Waals surface area contributed by atoms with Crippen LogP contribution in [0.4, 0.5) is 8.78 Å². The van der Waals surface area contributed by atoms with Gasteiger partial charge in [-0.05, 0) is 17.0 Å². The van der Waals surface area contributed by atoms with Gasteiger partial charge in [-0.2, -0.15) is 0 Å². The summed E-state index contributed by atoms with van der Waals surface area (Å²) in [6.07, 6.45) is -0.557. The largest absolute Gasteiger partial charge is 0.350 e. The van der Waals surface area contributed by atoms with Crippen molar-refractivity contribution in [2.24, 2.45) is 12.8 Å². The second kappa shape index (κ2) is 4.22. The molecule has 16 heavy (non-hydrogen) atoms. The number of nitrogens with two attached hydrogens (primary N) is 1. The second-order valence-electron chi connectivity index (χ2n) is 3.89. The lowest BCUT2D eigenvalue weighted by Gasteiger charge is -2.16. The number of hydrogen-bond acceptors (Lipinski definition) is 1. The molecule has 2 aromatic rings. The summed E-state index contributed by atoms with van der Waals surface area (Å²) in [4.78, 5) is 0. The topological polar surface area (TPSA) is 30.9 Å². The Morgan fingerprint density at radius 2 is 2.06 bits per heavy atom. The molecule has 4 heteroatoms. The van der Waals surface area contributed by atoms with Crippen molar-refractivity contribution in [3.05, 3.63) is 36.0 Å². The van der Waals surface area contributed by atoms with Crippen LogP contribution in [0.5, 0.6) is 0 Å². The zero-order valence-corrected chi connectivity index (χ0v) is 9.03. The number of fused-ring (bicyclic) bond motifs is 1. The monoisotopic (exact) mass is 224 g/mol. The van der Waals surface area contributed by atoms with Crippen molar-refractivity contribution in [3.8, 4) is 0 Å². The molecule has 86 valence electrons. The van der Waals surface area contributed by atoms with Crippen LogP contribution in [0.3, 0.4) is 0 Å². The fourth-order valence-electron chi connectivity index (χ4n) is 2.05. The highest BCUT2D eigenvalue weighted by atomic mass is 19.3. The molecule has 2 nitrogen and oxygen atoms in total. The number of benzene rings is 1. The number of nitrogens with zero attached hydrogens (tertiary/aromatic N) is 1. The van der Waals surface area contributed by atoms with Gasteiger partial charge < -0.3 is 10.3 Å². The molecule has 0 saturated carbocycles. The molecule has 0 aliphatic heterocycles. The highest BCUT2D eigenvalue weighted by Crippen LogP contribution is 2.29. The Kier molecular flexibility index (Phi) is 2.92. The second-order valence-corrected chi connectivity index (χ2v) is 3.89. The van der Waals surface area contributed by atoms with Crippen LogP contribution in [0.25, 0.3) is 10.9 Å². The Labute approximate surface area is 92.7 Å². The predicted molar refractivity (Wildman–Crippen MR) is 60.7 cm³/mol. The predicted octanol–water partition coefficient (Wildman–Crippen LogP) is 2.49. The van der Waals surface area contributed by atoms with Crippen LogP contribution in [0.1, 0.15) is 11.5 Å². The number of hydrogen-bond donors (Lipinski definition) is 1. The van der Waals surface area contributed by atoms with Crippen LogP contribution in [-0.2, 0) is 7.05 Å². The molecule has 1 heterocycles. The lowest BCUT2D eigenvalue weighted by molar-refractivity contribution is 0.117. The van der Waals surface area contributed by atoms with Crippen molar-refractivity contribution in [3.63, 3.8) is 0 Å². The Bertz CT molecular complexity index is 491. The Morgan fingerprint density at radius 1 is 1.31 bits per heavy atom. The molecule has 2 N–H and O–H groups in total. The van der Waals surface area contributed by atoms with E-state index in [9.17, 15) is 8.78 Å². The summed E-state index contributed by atoms with van der Waals surface area (Å²) in [6, 6.07) is 7.35. The van der Waals surface area contributed by atoms with Crippen LogP contribution >= 0.6 is 0 Å². The van der Waals surface area contributed by atoms with E-state index >= 15 is 0 Å². The van der Waals surface area contributed by atoms with Gasteiger partial charge >= 0.3 is 0 Å². The fraction of sp³-hybridized carbons (Fsp3) is 0.333. The van der Waals surface area contributed by atoms with Crippen LogP contribution < -0.4 is 5.73 Å². The fourth-order valence-corrected chi connectivity index (χ4v) is 2.05. The number of alkyl halides is 2. The molecule has 0 saturated heterocycles. The Hall–Kier alpha value is -1.42. The maximum atomic E-state index is 12.9. The van der Waals surface area contributed by atoms with E-state index in [1.165, 1.54) is 0 Å². The normalized spacial score (nSPS) is 13.6. The molecule has 0 aliphatic rings. The van der Waals surface area contributed by atoms with Gasteiger partial charge in [-0.1, -0.05) is 18.2 Å². The van der Waals surface area contributed by atoms with Crippen LogP contribution in [0.2, 0.25) is 0 Å². The Morgan fingerprint density at radius 3 is 2.69 bits per heavy atom. The molecule has 0 aliphatic carbocycles. The van der Waals surface area contributed by atoms with E-state index in [-0.39, 0.29) is 6.54 Å². The van der Waals surface area contributed by atoms with E-state index < -0.39 is 12.3 Å². The summed E-state index contributed by atoms with van der Waals surface area (Å²) in [7, 11) is 1.85. The van der Waals surface area contributed by atoms with Crippen molar-refractivity contribution in [1.29, 1.82) is 0 Å². The number of halogens is 2. The van der Waals surface area contributed by atoms with Crippen molar-refractivity contribution in [2.45, 2.75) is 12.3 Å². The summed E-state index contributed by atoms with van der Waals surface area (Å²) in [5, 5.41) is 0.971. The van der Waals surface area contributed by atoms with Gasteiger partial charge in [-0.3, -0.25) is 0 Å². The van der Waals surface area contributed by atoms with Crippen LogP contribution in [-0.4, -0.2) is 17.5 Å². The third-order valence-electron chi connectivity index (χ3n) is 2.89. The zero-order chi connectivity index (χ0) is 11.7. The summed E-state index contributed by atoms with van der Waals surface area (Å²) in [5.74, 6) is -0.891. The van der Waals surface area contributed by atoms with Crippen LogP contribution in [0, 0.1) is 0 Å². The first-order valence-corrected chi connectivity index (χ1v) is 5.17. The van der Waals surface area contributed by atoms with Gasteiger partial charge in [0.15, 0.2) is 0 Å². The summed E-state index contributed by atoms with van der Waals surface area (Å²) >= 11 is 0. The summed E-state index contributed by atoms with van der Waals surface area (Å²) < 4.78 is 27.6. The summed E-state index contributed by atoms with van der Waals surface area (Å²) in [5.41, 5.74) is 6.90.